The number of ether oxygens (including phenoxy) is 1. The fraction of sp³-hybridized carbons (Fsp3) is 0.222. The number of allylic oxidation sites excluding steroid dienone is 1. The first-order chi connectivity index (χ1) is 12.0. The summed E-state index contributed by atoms with van der Waals surface area (Å²) in [6.45, 7) is 2.29. The third kappa shape index (κ3) is 3.57. The van der Waals surface area contributed by atoms with E-state index in [4.69, 9.17) is 17.0 Å². The van der Waals surface area contributed by atoms with Crippen molar-refractivity contribution in [3.05, 3.63) is 69.3 Å². The van der Waals surface area contributed by atoms with Gasteiger partial charge in [0.2, 0.25) is 0 Å². The lowest BCUT2D eigenvalue weighted by molar-refractivity contribution is -0.136. The molecule has 1 aromatic carbocycles. The zero-order valence-electron chi connectivity index (χ0n) is 13.8. The van der Waals surface area contributed by atoms with Crippen LogP contribution in [0.3, 0.4) is 0 Å². The van der Waals surface area contributed by atoms with E-state index in [9.17, 15) is 9.18 Å². The number of thiocarbonyl (C=S) groups is 1. The number of thiophene rings is 1. The first-order valence-corrected chi connectivity index (χ1v) is 8.95. The van der Waals surface area contributed by atoms with Gasteiger partial charge in [0.15, 0.2) is 5.11 Å². The summed E-state index contributed by atoms with van der Waals surface area (Å²) < 4.78 is 18.1. The maximum atomic E-state index is 13.1. The van der Waals surface area contributed by atoms with E-state index in [1.807, 2.05) is 29.3 Å². The maximum Gasteiger partial charge on any atom is 0.338 e. The van der Waals surface area contributed by atoms with E-state index in [2.05, 4.69) is 5.32 Å². The van der Waals surface area contributed by atoms with Crippen molar-refractivity contribution in [1.82, 2.24) is 10.2 Å². The van der Waals surface area contributed by atoms with Crippen LogP contribution < -0.4 is 5.32 Å². The molecule has 0 amide bonds. The molecule has 25 heavy (non-hydrogen) atoms. The molecule has 1 N–H and O–H groups in total. The van der Waals surface area contributed by atoms with Crippen molar-refractivity contribution in [3.8, 4) is 0 Å². The third-order valence-electron chi connectivity index (χ3n) is 4.08. The van der Waals surface area contributed by atoms with Gasteiger partial charge >= 0.3 is 5.97 Å². The van der Waals surface area contributed by atoms with Gasteiger partial charge in [-0.15, -0.1) is 11.3 Å². The molecular weight excluding hydrogens is 359 g/mol. The summed E-state index contributed by atoms with van der Waals surface area (Å²) in [4.78, 5) is 15.2. The van der Waals surface area contributed by atoms with E-state index >= 15 is 0 Å². The topological polar surface area (TPSA) is 41.6 Å². The lowest BCUT2D eigenvalue weighted by Crippen LogP contribution is -2.47. The van der Waals surface area contributed by atoms with E-state index in [0.29, 0.717) is 17.2 Å². The van der Waals surface area contributed by atoms with Crippen LogP contribution >= 0.6 is 23.6 Å². The Kier molecular flexibility index (Phi) is 5.15. The molecule has 0 bridgehead atoms. The van der Waals surface area contributed by atoms with Crippen molar-refractivity contribution in [3.63, 3.8) is 0 Å². The van der Waals surface area contributed by atoms with Crippen LogP contribution in [0.2, 0.25) is 0 Å². The molecule has 0 fully saturated rings. The predicted octanol–water partition coefficient (Wildman–Crippen LogP) is 3.77. The number of hydrogen-bond acceptors (Lipinski definition) is 4. The fourth-order valence-corrected chi connectivity index (χ4v) is 3.89. The smallest absolute Gasteiger partial charge is 0.338 e. The van der Waals surface area contributed by atoms with Crippen LogP contribution in [0.15, 0.2) is 53.0 Å². The molecular formula is C18H17FN2O2S2. The van der Waals surface area contributed by atoms with Crippen molar-refractivity contribution in [2.75, 3.05) is 7.11 Å². The highest BCUT2D eigenvalue weighted by Crippen LogP contribution is 2.34. The summed E-state index contributed by atoms with van der Waals surface area (Å²) in [5.74, 6) is -0.682. The van der Waals surface area contributed by atoms with Gasteiger partial charge in [-0.1, -0.05) is 18.2 Å². The number of carbonyl (C=O) groups is 1. The quantitative estimate of drug-likeness (QED) is 0.650. The first-order valence-electron chi connectivity index (χ1n) is 7.66. The SMILES string of the molecule is COC(=O)C1=C(C)N(Cc2ccc(F)cc2)C(=S)N[C@@H]1c1cccs1. The van der Waals surface area contributed by atoms with E-state index in [1.165, 1.54) is 19.2 Å². The Balaban J connectivity index is 1.99. The summed E-state index contributed by atoms with van der Waals surface area (Å²) in [6.07, 6.45) is 0. The summed E-state index contributed by atoms with van der Waals surface area (Å²) in [6, 6.07) is 9.78. The standard InChI is InChI=1S/C18H17FN2O2S2/c1-11-15(17(22)23-2)16(14-4-3-9-25-14)20-18(24)21(11)10-12-5-7-13(19)8-6-12/h3-9,16H,10H2,1-2H3,(H,20,24)/t16-/m1/s1. The van der Waals surface area contributed by atoms with Gasteiger partial charge in [-0.25, -0.2) is 9.18 Å². The minimum Gasteiger partial charge on any atom is -0.466 e. The van der Waals surface area contributed by atoms with Gasteiger partial charge in [-0.2, -0.15) is 0 Å². The van der Waals surface area contributed by atoms with Crippen LogP contribution in [0.1, 0.15) is 23.4 Å². The molecule has 0 spiro atoms. The molecule has 0 saturated heterocycles. The number of rotatable bonds is 4. The van der Waals surface area contributed by atoms with E-state index in [1.54, 1.807) is 23.5 Å². The highest BCUT2D eigenvalue weighted by Gasteiger charge is 2.34. The number of esters is 1. The number of methoxy groups -OCH3 is 1. The zero-order valence-corrected chi connectivity index (χ0v) is 15.4. The van der Waals surface area contributed by atoms with Crippen molar-refractivity contribution in [2.24, 2.45) is 0 Å². The molecule has 1 aliphatic heterocycles. The van der Waals surface area contributed by atoms with E-state index in [-0.39, 0.29) is 11.9 Å². The normalized spacial score (nSPS) is 17.5. The summed E-state index contributed by atoms with van der Waals surface area (Å²) in [5.41, 5.74) is 2.16. The molecule has 0 radical (unpaired) electrons. The second-order valence-corrected chi connectivity index (χ2v) is 6.97. The average molecular weight is 376 g/mol. The Morgan fingerprint density at radius 2 is 2.08 bits per heavy atom. The Labute approximate surface area is 154 Å². The van der Waals surface area contributed by atoms with Gasteiger partial charge in [-0.3, -0.25) is 0 Å². The maximum absolute atomic E-state index is 13.1. The molecule has 1 atom stereocenters. The van der Waals surface area contributed by atoms with Crippen LogP contribution in [0, 0.1) is 5.82 Å². The molecule has 1 aliphatic rings. The number of hydrogen-bond donors (Lipinski definition) is 1. The Hall–Kier alpha value is -2.25. The van der Waals surface area contributed by atoms with Gasteiger partial charge in [0.05, 0.1) is 18.7 Å². The van der Waals surface area contributed by atoms with E-state index < -0.39 is 5.97 Å². The summed E-state index contributed by atoms with van der Waals surface area (Å²) in [7, 11) is 1.37. The van der Waals surface area contributed by atoms with E-state index in [0.717, 1.165) is 16.1 Å². The number of halogens is 1. The largest absolute Gasteiger partial charge is 0.466 e. The first kappa shape index (κ1) is 17.6. The second kappa shape index (κ2) is 7.33. The molecule has 0 aliphatic carbocycles. The van der Waals surface area contributed by atoms with Crippen molar-refractivity contribution in [2.45, 2.75) is 19.5 Å². The highest BCUT2D eigenvalue weighted by atomic mass is 32.1. The number of carbonyl (C=O) groups excluding carboxylic acids is 1. The molecule has 2 aromatic rings. The number of benzene rings is 1. The van der Waals surface area contributed by atoms with Crippen molar-refractivity contribution < 1.29 is 13.9 Å². The molecule has 1 aromatic heterocycles. The molecule has 0 unspecified atom stereocenters. The summed E-state index contributed by atoms with van der Waals surface area (Å²) in [5, 5.41) is 5.71. The molecule has 3 rings (SSSR count). The van der Waals surface area contributed by atoms with Crippen LogP contribution in [-0.2, 0) is 16.1 Å². The monoisotopic (exact) mass is 376 g/mol. The molecule has 0 saturated carbocycles. The molecule has 4 nitrogen and oxygen atoms in total. The van der Waals surface area contributed by atoms with Crippen LogP contribution in [0.5, 0.6) is 0 Å². The van der Waals surface area contributed by atoms with Crippen LogP contribution in [0.4, 0.5) is 4.39 Å². The van der Waals surface area contributed by atoms with Gasteiger partial charge in [0.1, 0.15) is 5.82 Å². The number of nitrogens with zero attached hydrogens (tertiary/aromatic N) is 1. The Bertz CT molecular complexity index is 816. The average Bonchev–Trinajstić information content (AvgIpc) is 3.13. The van der Waals surface area contributed by atoms with Gasteiger partial charge in [-0.05, 0) is 48.3 Å². The zero-order chi connectivity index (χ0) is 18.0. The van der Waals surface area contributed by atoms with Crippen LogP contribution in [0.25, 0.3) is 0 Å². The van der Waals surface area contributed by atoms with Gasteiger partial charge < -0.3 is 15.0 Å². The minimum atomic E-state index is -0.394. The number of nitrogens with one attached hydrogen (secondary N) is 1. The summed E-state index contributed by atoms with van der Waals surface area (Å²) >= 11 is 7.06. The predicted molar refractivity (Wildman–Crippen MR) is 99.5 cm³/mol. The van der Waals surface area contributed by atoms with Gasteiger partial charge in [0.25, 0.3) is 0 Å². The Morgan fingerprint density at radius 1 is 1.36 bits per heavy atom. The lowest BCUT2D eigenvalue weighted by atomic mass is 10.0. The third-order valence-corrected chi connectivity index (χ3v) is 5.36. The second-order valence-electron chi connectivity index (χ2n) is 5.60. The fourth-order valence-electron chi connectivity index (χ4n) is 2.79. The van der Waals surface area contributed by atoms with Crippen molar-refractivity contribution in [1.29, 1.82) is 0 Å². The molecule has 7 heteroatoms. The molecule has 2 heterocycles. The minimum absolute atomic E-state index is 0.289. The molecule has 130 valence electrons. The van der Waals surface area contributed by atoms with Gasteiger partial charge in [0, 0.05) is 17.1 Å². The Morgan fingerprint density at radius 3 is 2.68 bits per heavy atom. The van der Waals surface area contributed by atoms with Crippen LogP contribution in [-0.4, -0.2) is 23.1 Å². The van der Waals surface area contributed by atoms with Crippen molar-refractivity contribution >= 4 is 34.6 Å². The lowest BCUT2D eigenvalue weighted by Gasteiger charge is -2.37. The highest BCUT2D eigenvalue weighted by molar-refractivity contribution is 7.80.